The maximum Gasteiger partial charge on any atom is 0.137 e. The Morgan fingerprint density at radius 3 is 2.83 bits per heavy atom. The lowest BCUT2D eigenvalue weighted by Crippen LogP contribution is -2.44. The Kier molecular flexibility index (Phi) is 5.12. The lowest BCUT2D eigenvalue weighted by molar-refractivity contribution is 0.0537. The SMILES string of the molecule is NNC(Cc1cccc(F)c1Br)C1CCOCC1. The molecule has 3 nitrogen and oxygen atoms in total. The second-order valence-electron chi connectivity index (χ2n) is 4.64. The second-order valence-corrected chi connectivity index (χ2v) is 5.43. The van der Waals surface area contributed by atoms with E-state index in [1.54, 1.807) is 6.07 Å². The van der Waals surface area contributed by atoms with Gasteiger partial charge in [0, 0.05) is 19.3 Å². The minimum Gasteiger partial charge on any atom is -0.381 e. The van der Waals surface area contributed by atoms with Gasteiger partial charge in [-0.25, -0.2) is 4.39 Å². The summed E-state index contributed by atoms with van der Waals surface area (Å²) in [5.41, 5.74) is 3.82. The fourth-order valence-electron chi connectivity index (χ4n) is 2.42. The summed E-state index contributed by atoms with van der Waals surface area (Å²) in [6, 6.07) is 5.27. The first-order valence-corrected chi connectivity index (χ1v) is 6.98. The zero-order valence-electron chi connectivity index (χ0n) is 10.2. The zero-order chi connectivity index (χ0) is 13.0. The standard InChI is InChI=1S/C13H18BrFN2O/c14-13-10(2-1-3-11(13)15)8-12(17-16)9-4-6-18-7-5-9/h1-3,9,12,17H,4-8,16H2. The van der Waals surface area contributed by atoms with Crippen LogP contribution < -0.4 is 11.3 Å². The van der Waals surface area contributed by atoms with E-state index in [0.29, 0.717) is 10.4 Å². The summed E-state index contributed by atoms with van der Waals surface area (Å²) in [7, 11) is 0. The van der Waals surface area contributed by atoms with Gasteiger partial charge >= 0.3 is 0 Å². The van der Waals surface area contributed by atoms with Crippen molar-refractivity contribution in [1.82, 2.24) is 5.43 Å². The Morgan fingerprint density at radius 2 is 2.17 bits per heavy atom. The van der Waals surface area contributed by atoms with E-state index < -0.39 is 0 Å². The van der Waals surface area contributed by atoms with Gasteiger partial charge in [0.25, 0.3) is 0 Å². The quantitative estimate of drug-likeness (QED) is 0.662. The molecule has 5 heteroatoms. The van der Waals surface area contributed by atoms with Crippen molar-refractivity contribution in [3.8, 4) is 0 Å². The van der Waals surface area contributed by atoms with Gasteiger partial charge in [-0.2, -0.15) is 0 Å². The summed E-state index contributed by atoms with van der Waals surface area (Å²) in [5.74, 6) is 5.90. The van der Waals surface area contributed by atoms with Crippen molar-refractivity contribution in [2.45, 2.75) is 25.3 Å². The summed E-state index contributed by atoms with van der Waals surface area (Å²) in [6.07, 6.45) is 2.73. The van der Waals surface area contributed by atoms with Gasteiger partial charge in [0.15, 0.2) is 0 Å². The molecule has 1 aliphatic rings. The van der Waals surface area contributed by atoms with Gasteiger partial charge in [-0.15, -0.1) is 0 Å². The van der Waals surface area contributed by atoms with Crippen LogP contribution in [0, 0.1) is 11.7 Å². The van der Waals surface area contributed by atoms with Gasteiger partial charge in [-0.3, -0.25) is 11.3 Å². The first kappa shape index (κ1) is 13.9. The fourth-order valence-corrected chi connectivity index (χ4v) is 2.85. The molecule has 0 aliphatic carbocycles. The van der Waals surface area contributed by atoms with Gasteiger partial charge in [0.1, 0.15) is 5.82 Å². The first-order chi connectivity index (χ1) is 8.72. The second kappa shape index (κ2) is 6.61. The van der Waals surface area contributed by atoms with Crippen LogP contribution in [0.25, 0.3) is 0 Å². The van der Waals surface area contributed by atoms with Crippen LogP contribution in [0.3, 0.4) is 0 Å². The maximum atomic E-state index is 13.5. The number of rotatable bonds is 4. The van der Waals surface area contributed by atoms with E-state index in [1.807, 2.05) is 6.07 Å². The Labute approximate surface area is 115 Å². The Morgan fingerprint density at radius 1 is 1.44 bits per heavy atom. The third-order valence-electron chi connectivity index (χ3n) is 3.52. The molecule has 1 saturated heterocycles. The lowest BCUT2D eigenvalue weighted by atomic mass is 9.88. The molecule has 0 bridgehead atoms. The van der Waals surface area contributed by atoms with Crippen molar-refractivity contribution in [2.24, 2.45) is 11.8 Å². The van der Waals surface area contributed by atoms with Gasteiger partial charge in [0.05, 0.1) is 4.47 Å². The van der Waals surface area contributed by atoms with Crippen molar-refractivity contribution < 1.29 is 9.13 Å². The molecule has 1 aliphatic heterocycles. The van der Waals surface area contributed by atoms with E-state index in [9.17, 15) is 4.39 Å². The highest BCUT2D eigenvalue weighted by Gasteiger charge is 2.24. The largest absolute Gasteiger partial charge is 0.381 e. The topological polar surface area (TPSA) is 47.3 Å². The number of hydrogen-bond acceptors (Lipinski definition) is 3. The molecule has 0 aromatic heterocycles. The highest BCUT2D eigenvalue weighted by atomic mass is 79.9. The Hall–Kier alpha value is -0.490. The molecule has 0 spiro atoms. The van der Waals surface area contributed by atoms with Crippen LogP contribution in [0.1, 0.15) is 18.4 Å². The minimum atomic E-state index is -0.227. The smallest absolute Gasteiger partial charge is 0.137 e. The molecule has 1 aromatic carbocycles. The average molecular weight is 317 g/mol. The fraction of sp³-hybridized carbons (Fsp3) is 0.538. The summed E-state index contributed by atoms with van der Waals surface area (Å²) < 4.78 is 19.3. The number of nitrogens with one attached hydrogen (secondary N) is 1. The molecule has 1 heterocycles. The molecule has 0 radical (unpaired) electrons. The van der Waals surface area contributed by atoms with Crippen LogP contribution in [0.5, 0.6) is 0 Å². The molecule has 0 amide bonds. The van der Waals surface area contributed by atoms with Gasteiger partial charge in [-0.1, -0.05) is 12.1 Å². The van der Waals surface area contributed by atoms with Crippen LogP contribution in [-0.4, -0.2) is 19.3 Å². The molecule has 100 valence electrons. The van der Waals surface area contributed by atoms with Gasteiger partial charge < -0.3 is 4.74 Å². The molecule has 2 rings (SSSR count). The van der Waals surface area contributed by atoms with E-state index >= 15 is 0 Å². The predicted octanol–water partition coefficient (Wildman–Crippen LogP) is 2.39. The molecule has 1 aromatic rings. The normalized spacial score (nSPS) is 18.8. The number of benzene rings is 1. The van der Waals surface area contributed by atoms with Crippen LogP contribution in [-0.2, 0) is 11.2 Å². The van der Waals surface area contributed by atoms with E-state index in [2.05, 4.69) is 21.4 Å². The molecule has 1 atom stereocenters. The molecule has 1 unspecified atom stereocenters. The average Bonchev–Trinajstić information content (AvgIpc) is 2.41. The zero-order valence-corrected chi connectivity index (χ0v) is 11.7. The number of hydrogen-bond donors (Lipinski definition) is 2. The number of halogens is 2. The maximum absolute atomic E-state index is 13.5. The highest BCUT2D eigenvalue weighted by Crippen LogP contribution is 2.26. The van der Waals surface area contributed by atoms with Gasteiger partial charge in [-0.05, 0) is 52.7 Å². The summed E-state index contributed by atoms with van der Waals surface area (Å²) >= 11 is 3.29. The molecule has 3 N–H and O–H groups in total. The van der Waals surface area contributed by atoms with Crippen LogP contribution in [0.4, 0.5) is 4.39 Å². The van der Waals surface area contributed by atoms with E-state index in [1.165, 1.54) is 6.07 Å². The van der Waals surface area contributed by atoms with Crippen molar-refractivity contribution in [3.05, 3.63) is 34.1 Å². The number of ether oxygens (including phenoxy) is 1. The van der Waals surface area contributed by atoms with E-state index in [0.717, 1.165) is 38.0 Å². The van der Waals surface area contributed by atoms with Crippen LogP contribution >= 0.6 is 15.9 Å². The Bertz CT molecular complexity index is 397. The monoisotopic (exact) mass is 316 g/mol. The number of hydrazine groups is 1. The lowest BCUT2D eigenvalue weighted by Gasteiger charge is -2.30. The molecule has 18 heavy (non-hydrogen) atoms. The molecule has 1 fully saturated rings. The van der Waals surface area contributed by atoms with Crippen molar-refractivity contribution in [1.29, 1.82) is 0 Å². The highest BCUT2D eigenvalue weighted by molar-refractivity contribution is 9.10. The van der Waals surface area contributed by atoms with Crippen molar-refractivity contribution in [3.63, 3.8) is 0 Å². The van der Waals surface area contributed by atoms with Crippen molar-refractivity contribution in [2.75, 3.05) is 13.2 Å². The van der Waals surface area contributed by atoms with Gasteiger partial charge in [0.2, 0.25) is 0 Å². The van der Waals surface area contributed by atoms with Crippen molar-refractivity contribution >= 4 is 15.9 Å². The third kappa shape index (κ3) is 3.29. The summed E-state index contributed by atoms with van der Waals surface area (Å²) in [5, 5.41) is 0. The van der Waals surface area contributed by atoms with Crippen LogP contribution in [0.2, 0.25) is 0 Å². The molecule has 0 saturated carbocycles. The number of nitrogens with two attached hydrogens (primary N) is 1. The Balaban J connectivity index is 2.07. The molecular formula is C13H18BrFN2O. The van der Waals surface area contributed by atoms with Crippen LogP contribution in [0.15, 0.2) is 22.7 Å². The summed E-state index contributed by atoms with van der Waals surface area (Å²) in [6.45, 7) is 1.57. The van der Waals surface area contributed by atoms with E-state index in [-0.39, 0.29) is 11.9 Å². The van der Waals surface area contributed by atoms with E-state index in [4.69, 9.17) is 10.6 Å². The molecular weight excluding hydrogens is 299 g/mol. The third-order valence-corrected chi connectivity index (χ3v) is 4.41. The first-order valence-electron chi connectivity index (χ1n) is 6.19. The predicted molar refractivity (Wildman–Crippen MR) is 72.5 cm³/mol. The minimum absolute atomic E-state index is 0.159. The summed E-state index contributed by atoms with van der Waals surface area (Å²) in [4.78, 5) is 0.